The summed E-state index contributed by atoms with van der Waals surface area (Å²) in [6.07, 6.45) is 10.8. The second-order valence-corrected chi connectivity index (χ2v) is 13.4. The predicted molar refractivity (Wildman–Crippen MR) is 132 cm³/mol. The number of methoxy groups -OCH3 is 1. The lowest BCUT2D eigenvalue weighted by molar-refractivity contribution is -0.400. The SMILES string of the molecule is C#CC(O)[C@H]1CC[C@]2(OCOC)C3CC[C@]4(O)C[C@@H](C)C[C@H]5OC(C)(C)OC[C@]54C3[C@H](C)C[C@]12C. The minimum Gasteiger partial charge on any atom is -0.389 e. The molecule has 2 N–H and O–H groups in total. The molecule has 11 atom stereocenters. The van der Waals surface area contributed by atoms with Crippen LogP contribution in [0.4, 0.5) is 0 Å². The number of terminal acetylenes is 1. The molecule has 5 rings (SSSR count). The van der Waals surface area contributed by atoms with Gasteiger partial charge in [-0.2, -0.15) is 0 Å². The summed E-state index contributed by atoms with van der Waals surface area (Å²) in [6, 6.07) is 0. The molecule has 1 aliphatic heterocycles. The first-order valence-electron chi connectivity index (χ1n) is 13.7. The lowest BCUT2D eigenvalue weighted by Gasteiger charge is -2.72. The van der Waals surface area contributed by atoms with Crippen LogP contribution in [0.25, 0.3) is 0 Å². The summed E-state index contributed by atoms with van der Waals surface area (Å²) in [5, 5.41) is 23.3. The van der Waals surface area contributed by atoms with Gasteiger partial charge in [-0.3, -0.25) is 0 Å². The second-order valence-electron chi connectivity index (χ2n) is 13.4. The van der Waals surface area contributed by atoms with E-state index in [2.05, 4.69) is 26.7 Å². The van der Waals surface area contributed by atoms with E-state index in [1.54, 1.807) is 7.11 Å². The fourth-order valence-corrected chi connectivity index (χ4v) is 10.2. The summed E-state index contributed by atoms with van der Waals surface area (Å²) in [7, 11) is 1.67. The second kappa shape index (κ2) is 8.41. The van der Waals surface area contributed by atoms with Crippen molar-refractivity contribution in [3.63, 3.8) is 0 Å². The fraction of sp³-hybridized carbons (Fsp3) is 0.931. The standard InChI is InChI=1S/C29H46O6/c1-8-22(30)20-10-12-29(34-17-32-7)21-9-11-27(31)14-18(2)13-23-28(27,16-33-25(4,5)35-23)24(21)19(3)15-26(20,29)6/h1,18-24,30-31H,9-17H2,2-7H3/t18-,19+,20+,21?,22?,23+,24?,26+,27-,28+,29-/m0/s1. The summed E-state index contributed by atoms with van der Waals surface area (Å²) >= 11 is 0. The fourth-order valence-electron chi connectivity index (χ4n) is 10.2. The van der Waals surface area contributed by atoms with Gasteiger partial charge < -0.3 is 29.2 Å². The Kier molecular flexibility index (Phi) is 6.24. The number of rotatable bonds is 4. The van der Waals surface area contributed by atoms with E-state index in [9.17, 15) is 10.2 Å². The van der Waals surface area contributed by atoms with E-state index in [4.69, 9.17) is 25.4 Å². The summed E-state index contributed by atoms with van der Waals surface area (Å²) in [4.78, 5) is 0. The molecule has 0 radical (unpaired) electrons. The van der Waals surface area contributed by atoms with Gasteiger partial charge in [-0.15, -0.1) is 6.42 Å². The zero-order chi connectivity index (χ0) is 25.4. The zero-order valence-corrected chi connectivity index (χ0v) is 22.5. The van der Waals surface area contributed by atoms with Crippen LogP contribution in [0.3, 0.4) is 0 Å². The third-order valence-corrected chi connectivity index (χ3v) is 11.3. The van der Waals surface area contributed by atoms with Gasteiger partial charge in [0.05, 0.1) is 29.3 Å². The molecule has 6 nitrogen and oxygen atoms in total. The number of fused-ring (bicyclic) bond motifs is 3. The zero-order valence-electron chi connectivity index (χ0n) is 22.5. The molecule has 0 bridgehead atoms. The number of hydrogen-bond acceptors (Lipinski definition) is 6. The molecule has 5 aliphatic rings. The molecule has 4 saturated carbocycles. The smallest absolute Gasteiger partial charge is 0.163 e. The molecule has 4 aliphatic carbocycles. The molecule has 0 aromatic heterocycles. The summed E-state index contributed by atoms with van der Waals surface area (Å²) < 4.78 is 25.3. The van der Waals surface area contributed by atoms with Crippen molar-refractivity contribution in [1.82, 2.24) is 0 Å². The van der Waals surface area contributed by atoms with Gasteiger partial charge in [0.1, 0.15) is 12.9 Å². The third-order valence-electron chi connectivity index (χ3n) is 11.3. The van der Waals surface area contributed by atoms with Gasteiger partial charge in [-0.05, 0) is 82.5 Å². The van der Waals surface area contributed by atoms with E-state index in [1.165, 1.54) is 0 Å². The van der Waals surface area contributed by atoms with E-state index in [-0.39, 0.29) is 36.1 Å². The van der Waals surface area contributed by atoms with E-state index in [0.29, 0.717) is 24.9 Å². The largest absolute Gasteiger partial charge is 0.389 e. The maximum atomic E-state index is 12.4. The van der Waals surface area contributed by atoms with Crippen molar-refractivity contribution in [2.24, 2.45) is 40.4 Å². The van der Waals surface area contributed by atoms with Crippen LogP contribution in [0.2, 0.25) is 0 Å². The van der Waals surface area contributed by atoms with Crippen molar-refractivity contribution in [3.8, 4) is 12.3 Å². The van der Waals surface area contributed by atoms with Crippen molar-refractivity contribution in [3.05, 3.63) is 0 Å². The highest BCUT2D eigenvalue weighted by Crippen LogP contribution is 2.73. The summed E-state index contributed by atoms with van der Waals surface area (Å²) in [5.41, 5.74) is -2.06. The molecular formula is C29H46O6. The van der Waals surface area contributed by atoms with Crippen LogP contribution in [0, 0.1) is 52.8 Å². The van der Waals surface area contributed by atoms with Crippen LogP contribution in [-0.4, -0.2) is 59.9 Å². The first-order chi connectivity index (χ1) is 16.4. The number of ether oxygens (including phenoxy) is 4. The molecule has 198 valence electrons. The van der Waals surface area contributed by atoms with Crippen molar-refractivity contribution in [1.29, 1.82) is 0 Å². The quantitative estimate of drug-likeness (QED) is 0.456. The molecular weight excluding hydrogens is 444 g/mol. The van der Waals surface area contributed by atoms with Gasteiger partial charge in [-0.25, -0.2) is 0 Å². The number of aliphatic hydroxyl groups excluding tert-OH is 1. The van der Waals surface area contributed by atoms with Gasteiger partial charge in [0.2, 0.25) is 0 Å². The van der Waals surface area contributed by atoms with Crippen LogP contribution in [0.1, 0.15) is 79.6 Å². The van der Waals surface area contributed by atoms with Crippen molar-refractivity contribution in [2.45, 2.75) is 109 Å². The van der Waals surface area contributed by atoms with Gasteiger partial charge >= 0.3 is 0 Å². The van der Waals surface area contributed by atoms with Crippen LogP contribution >= 0.6 is 0 Å². The first kappa shape index (κ1) is 25.9. The highest BCUT2D eigenvalue weighted by Gasteiger charge is 2.76. The predicted octanol–water partition coefficient (Wildman–Crippen LogP) is 4.12. The third kappa shape index (κ3) is 3.38. The lowest BCUT2D eigenvalue weighted by atomic mass is 9.38. The maximum Gasteiger partial charge on any atom is 0.163 e. The van der Waals surface area contributed by atoms with E-state index in [0.717, 1.165) is 38.5 Å². The Morgan fingerprint density at radius 2 is 1.89 bits per heavy atom. The topological polar surface area (TPSA) is 77.4 Å². The molecule has 0 aromatic carbocycles. The van der Waals surface area contributed by atoms with Gasteiger partial charge in [0.15, 0.2) is 5.79 Å². The van der Waals surface area contributed by atoms with Gasteiger partial charge in [0, 0.05) is 18.4 Å². The van der Waals surface area contributed by atoms with Crippen molar-refractivity contribution < 1.29 is 29.2 Å². The van der Waals surface area contributed by atoms with Crippen LogP contribution in [0.15, 0.2) is 0 Å². The molecule has 1 saturated heterocycles. The minimum atomic E-state index is -0.826. The highest BCUT2D eigenvalue weighted by atomic mass is 16.7. The van der Waals surface area contributed by atoms with Crippen molar-refractivity contribution in [2.75, 3.05) is 20.5 Å². The molecule has 6 heteroatoms. The van der Waals surface area contributed by atoms with Gasteiger partial charge in [-0.1, -0.05) is 26.7 Å². The summed E-state index contributed by atoms with van der Waals surface area (Å²) in [5.74, 6) is 3.02. The molecule has 1 heterocycles. The Labute approximate surface area is 211 Å². The average molecular weight is 491 g/mol. The van der Waals surface area contributed by atoms with Crippen LogP contribution in [-0.2, 0) is 18.9 Å². The van der Waals surface area contributed by atoms with Crippen LogP contribution < -0.4 is 0 Å². The van der Waals surface area contributed by atoms with E-state index < -0.39 is 28.5 Å². The van der Waals surface area contributed by atoms with E-state index >= 15 is 0 Å². The molecule has 0 amide bonds. The monoisotopic (exact) mass is 490 g/mol. The lowest BCUT2D eigenvalue weighted by Crippen LogP contribution is -2.77. The molecule has 35 heavy (non-hydrogen) atoms. The summed E-state index contributed by atoms with van der Waals surface area (Å²) in [6.45, 7) is 11.6. The normalized spacial score (nSPS) is 53.5. The van der Waals surface area contributed by atoms with E-state index in [1.807, 2.05) is 13.8 Å². The number of aliphatic hydroxyl groups is 2. The molecule has 3 unspecified atom stereocenters. The van der Waals surface area contributed by atoms with Crippen LogP contribution in [0.5, 0.6) is 0 Å². The first-order valence-corrected chi connectivity index (χ1v) is 13.7. The Morgan fingerprint density at radius 3 is 2.57 bits per heavy atom. The van der Waals surface area contributed by atoms with Crippen molar-refractivity contribution >= 4 is 0 Å². The Bertz CT molecular complexity index is 868. The number of hydrogen-bond donors (Lipinski definition) is 2. The molecule has 1 spiro atoms. The minimum absolute atomic E-state index is 0.0222. The average Bonchev–Trinajstić information content (AvgIpc) is 3.07. The molecule has 0 aromatic rings. The Hall–Kier alpha value is -0.680. The molecule has 5 fully saturated rings. The van der Waals surface area contributed by atoms with Gasteiger partial charge in [0.25, 0.3) is 0 Å². The maximum absolute atomic E-state index is 12.4. The highest BCUT2D eigenvalue weighted by molar-refractivity contribution is 5.25. The Morgan fingerprint density at radius 1 is 1.14 bits per heavy atom. The Balaban J connectivity index is 1.64.